The standard InChI is InChI=1S/C14H24N2O2/c1-3-4-8-11(13(15)17)12(14(18)16-2)9-10-6-5-7-10/h3-4,10-12H,5-9H2,1-2H3,(H2,15,17)(H,16,18)/b4-3+/t11-,12?/m0/s1. The molecule has 1 unspecified atom stereocenters. The van der Waals surface area contributed by atoms with Gasteiger partial charge in [0, 0.05) is 7.05 Å². The Labute approximate surface area is 109 Å². The van der Waals surface area contributed by atoms with Crippen molar-refractivity contribution in [1.82, 2.24) is 5.32 Å². The molecule has 0 aromatic heterocycles. The summed E-state index contributed by atoms with van der Waals surface area (Å²) in [7, 11) is 1.61. The second-order valence-electron chi connectivity index (χ2n) is 5.07. The van der Waals surface area contributed by atoms with Crippen molar-refractivity contribution in [2.45, 2.75) is 39.0 Å². The first kappa shape index (κ1) is 14.7. The van der Waals surface area contributed by atoms with E-state index in [2.05, 4.69) is 5.32 Å². The van der Waals surface area contributed by atoms with E-state index in [1.54, 1.807) is 7.05 Å². The summed E-state index contributed by atoms with van der Waals surface area (Å²) in [5.41, 5.74) is 5.45. The third kappa shape index (κ3) is 3.86. The molecule has 0 aliphatic heterocycles. The molecule has 2 atom stereocenters. The predicted octanol–water partition coefficient (Wildman–Crippen LogP) is 1.61. The fraction of sp³-hybridized carbons (Fsp3) is 0.714. The molecule has 18 heavy (non-hydrogen) atoms. The van der Waals surface area contributed by atoms with Gasteiger partial charge in [0.1, 0.15) is 0 Å². The highest BCUT2D eigenvalue weighted by Gasteiger charge is 2.34. The predicted molar refractivity (Wildman–Crippen MR) is 71.6 cm³/mol. The lowest BCUT2D eigenvalue weighted by Crippen LogP contribution is -2.40. The van der Waals surface area contributed by atoms with Crippen LogP contribution in [-0.4, -0.2) is 18.9 Å². The maximum Gasteiger partial charge on any atom is 0.223 e. The van der Waals surface area contributed by atoms with Gasteiger partial charge in [0.15, 0.2) is 0 Å². The summed E-state index contributed by atoms with van der Waals surface area (Å²) in [5.74, 6) is -0.522. The molecule has 1 aliphatic carbocycles. The minimum atomic E-state index is -0.387. The summed E-state index contributed by atoms with van der Waals surface area (Å²) in [6.45, 7) is 1.90. The minimum Gasteiger partial charge on any atom is -0.369 e. The van der Waals surface area contributed by atoms with Gasteiger partial charge in [-0.2, -0.15) is 0 Å². The number of carbonyl (C=O) groups is 2. The number of hydrogen-bond acceptors (Lipinski definition) is 2. The number of nitrogens with two attached hydrogens (primary N) is 1. The summed E-state index contributed by atoms with van der Waals surface area (Å²) in [5, 5.41) is 2.66. The van der Waals surface area contributed by atoms with Crippen molar-refractivity contribution in [3.05, 3.63) is 12.2 Å². The maximum atomic E-state index is 12.0. The Morgan fingerprint density at radius 1 is 1.39 bits per heavy atom. The van der Waals surface area contributed by atoms with E-state index in [9.17, 15) is 9.59 Å². The van der Waals surface area contributed by atoms with Gasteiger partial charge in [-0.3, -0.25) is 9.59 Å². The molecule has 2 amide bonds. The van der Waals surface area contributed by atoms with Crippen molar-refractivity contribution in [1.29, 1.82) is 0 Å². The number of primary amides is 1. The lowest BCUT2D eigenvalue weighted by Gasteiger charge is -2.31. The van der Waals surface area contributed by atoms with Crippen molar-refractivity contribution < 1.29 is 9.59 Å². The normalized spacial score (nSPS) is 19.2. The van der Waals surface area contributed by atoms with Crippen LogP contribution in [0.5, 0.6) is 0 Å². The van der Waals surface area contributed by atoms with Gasteiger partial charge in [0.2, 0.25) is 11.8 Å². The van der Waals surface area contributed by atoms with E-state index in [0.29, 0.717) is 12.3 Å². The van der Waals surface area contributed by atoms with Crippen LogP contribution in [0.25, 0.3) is 0 Å². The van der Waals surface area contributed by atoms with E-state index in [4.69, 9.17) is 5.73 Å². The molecule has 1 fully saturated rings. The van der Waals surface area contributed by atoms with Gasteiger partial charge in [-0.05, 0) is 25.7 Å². The zero-order chi connectivity index (χ0) is 13.5. The molecule has 102 valence electrons. The highest BCUT2D eigenvalue weighted by Crippen LogP contribution is 2.35. The van der Waals surface area contributed by atoms with Crippen LogP contribution in [0.15, 0.2) is 12.2 Å². The smallest absolute Gasteiger partial charge is 0.223 e. The van der Waals surface area contributed by atoms with Crippen molar-refractivity contribution in [3.8, 4) is 0 Å². The molecule has 0 spiro atoms. The zero-order valence-electron chi connectivity index (χ0n) is 11.3. The summed E-state index contributed by atoms with van der Waals surface area (Å²) < 4.78 is 0. The van der Waals surface area contributed by atoms with Gasteiger partial charge in [-0.25, -0.2) is 0 Å². The Morgan fingerprint density at radius 2 is 2.06 bits per heavy atom. The Bertz CT molecular complexity index is 322. The zero-order valence-corrected chi connectivity index (χ0v) is 11.3. The largest absolute Gasteiger partial charge is 0.369 e. The van der Waals surface area contributed by atoms with Crippen molar-refractivity contribution in [2.24, 2.45) is 23.5 Å². The van der Waals surface area contributed by atoms with E-state index in [-0.39, 0.29) is 23.7 Å². The lowest BCUT2D eigenvalue weighted by atomic mass is 9.74. The second-order valence-corrected chi connectivity index (χ2v) is 5.07. The number of carbonyl (C=O) groups excluding carboxylic acids is 2. The summed E-state index contributed by atoms with van der Waals surface area (Å²) in [6, 6.07) is 0. The topological polar surface area (TPSA) is 72.2 Å². The van der Waals surface area contributed by atoms with Crippen molar-refractivity contribution in [3.63, 3.8) is 0 Å². The SMILES string of the molecule is C/C=C/C[C@H](C(N)=O)C(CC1CCC1)C(=O)NC. The molecule has 1 aliphatic rings. The van der Waals surface area contributed by atoms with Crippen LogP contribution in [0.3, 0.4) is 0 Å². The Hall–Kier alpha value is -1.32. The summed E-state index contributed by atoms with van der Waals surface area (Å²) >= 11 is 0. The van der Waals surface area contributed by atoms with Gasteiger partial charge in [0.25, 0.3) is 0 Å². The molecular formula is C14H24N2O2. The molecule has 0 bridgehead atoms. The first-order chi connectivity index (χ1) is 8.60. The number of amides is 2. The van der Waals surface area contributed by atoms with Crippen LogP contribution >= 0.6 is 0 Å². The van der Waals surface area contributed by atoms with Gasteiger partial charge in [-0.1, -0.05) is 31.4 Å². The van der Waals surface area contributed by atoms with Crippen molar-refractivity contribution in [2.75, 3.05) is 7.05 Å². The van der Waals surface area contributed by atoms with Crippen LogP contribution in [-0.2, 0) is 9.59 Å². The van der Waals surface area contributed by atoms with Crippen LogP contribution < -0.4 is 11.1 Å². The first-order valence-electron chi connectivity index (χ1n) is 6.72. The number of rotatable bonds is 7. The van der Waals surface area contributed by atoms with Gasteiger partial charge < -0.3 is 11.1 Å². The highest BCUT2D eigenvalue weighted by molar-refractivity contribution is 5.86. The molecular weight excluding hydrogens is 228 g/mol. The molecule has 1 saturated carbocycles. The molecule has 0 aromatic carbocycles. The third-order valence-corrected chi connectivity index (χ3v) is 3.87. The second kappa shape index (κ2) is 7.19. The van der Waals surface area contributed by atoms with E-state index >= 15 is 0 Å². The molecule has 0 radical (unpaired) electrons. The number of nitrogens with one attached hydrogen (secondary N) is 1. The molecule has 4 heteroatoms. The van der Waals surface area contributed by atoms with E-state index < -0.39 is 0 Å². The van der Waals surface area contributed by atoms with Crippen LogP contribution in [0.2, 0.25) is 0 Å². The molecule has 0 aromatic rings. The maximum absolute atomic E-state index is 12.0. The highest BCUT2D eigenvalue weighted by atomic mass is 16.2. The van der Waals surface area contributed by atoms with E-state index in [1.807, 2.05) is 19.1 Å². The molecule has 0 heterocycles. The number of hydrogen-bond donors (Lipinski definition) is 2. The van der Waals surface area contributed by atoms with Gasteiger partial charge >= 0.3 is 0 Å². The quantitative estimate of drug-likeness (QED) is 0.676. The Kier molecular flexibility index (Phi) is 5.89. The monoisotopic (exact) mass is 252 g/mol. The first-order valence-corrected chi connectivity index (χ1v) is 6.72. The minimum absolute atomic E-state index is 0.0600. The van der Waals surface area contributed by atoms with Crippen LogP contribution in [0, 0.1) is 17.8 Å². The molecule has 3 N–H and O–H groups in total. The summed E-state index contributed by atoms with van der Waals surface area (Å²) in [4.78, 5) is 23.5. The molecule has 4 nitrogen and oxygen atoms in total. The Balaban J connectivity index is 2.74. The van der Waals surface area contributed by atoms with Gasteiger partial charge in [-0.15, -0.1) is 0 Å². The fourth-order valence-electron chi connectivity index (χ4n) is 2.49. The molecule has 1 rings (SSSR count). The van der Waals surface area contributed by atoms with E-state index in [1.165, 1.54) is 19.3 Å². The van der Waals surface area contributed by atoms with Gasteiger partial charge in [0.05, 0.1) is 11.8 Å². The average Bonchev–Trinajstić information content (AvgIpc) is 2.29. The van der Waals surface area contributed by atoms with Crippen molar-refractivity contribution >= 4 is 11.8 Å². The number of allylic oxidation sites excluding steroid dienone is 2. The van der Waals surface area contributed by atoms with E-state index in [0.717, 1.165) is 6.42 Å². The van der Waals surface area contributed by atoms with Crippen LogP contribution in [0.1, 0.15) is 39.0 Å². The lowest BCUT2D eigenvalue weighted by molar-refractivity contribution is -0.133. The fourth-order valence-corrected chi connectivity index (χ4v) is 2.49. The Morgan fingerprint density at radius 3 is 2.44 bits per heavy atom. The average molecular weight is 252 g/mol. The third-order valence-electron chi connectivity index (χ3n) is 3.87. The summed E-state index contributed by atoms with van der Waals surface area (Å²) in [6.07, 6.45) is 8.71. The van der Waals surface area contributed by atoms with Crippen LogP contribution in [0.4, 0.5) is 0 Å². The molecule has 0 saturated heterocycles.